The Morgan fingerprint density at radius 2 is 1.44 bits per heavy atom. The van der Waals surface area contributed by atoms with Gasteiger partial charge in [0.1, 0.15) is 6.54 Å². The van der Waals surface area contributed by atoms with Crippen molar-refractivity contribution in [1.82, 2.24) is 4.90 Å². The summed E-state index contributed by atoms with van der Waals surface area (Å²) < 4.78 is 0. The zero-order chi connectivity index (χ0) is 23.1. The number of hydrogen-bond donors (Lipinski definition) is 2. The number of carboxylic acid groups (broad SMARTS) is 2. The number of carbonyl (C=O) groups is 3. The van der Waals surface area contributed by atoms with Crippen LogP contribution in [0.3, 0.4) is 0 Å². The summed E-state index contributed by atoms with van der Waals surface area (Å²) in [6.07, 6.45) is 11.4. The Kier molecular flexibility index (Phi) is 8.32. The van der Waals surface area contributed by atoms with Crippen LogP contribution in [0.4, 0.5) is 0 Å². The van der Waals surface area contributed by atoms with E-state index in [0.29, 0.717) is 29.7 Å². The van der Waals surface area contributed by atoms with Gasteiger partial charge in [-0.05, 0) is 74.8 Å². The molecule has 1 aromatic rings. The lowest BCUT2D eigenvalue weighted by Crippen LogP contribution is -2.62. The monoisotopic (exact) mass is 443 g/mol. The molecule has 176 valence electrons. The molecule has 0 heterocycles. The highest BCUT2D eigenvalue weighted by Crippen LogP contribution is 2.57. The smallest absolute Gasteiger partial charge is 0.323 e. The summed E-state index contributed by atoms with van der Waals surface area (Å²) in [5, 5.41) is 17.6. The summed E-state index contributed by atoms with van der Waals surface area (Å²) in [6.45, 7) is 1.93. The quantitative estimate of drug-likeness (QED) is 0.510. The molecule has 1 aromatic carbocycles. The Morgan fingerprint density at radius 3 is 1.91 bits per heavy atom. The van der Waals surface area contributed by atoms with Gasteiger partial charge < -0.3 is 15.1 Å². The lowest BCUT2D eigenvalue weighted by molar-refractivity contribution is -0.142. The van der Waals surface area contributed by atoms with Crippen LogP contribution >= 0.6 is 0 Å². The van der Waals surface area contributed by atoms with E-state index in [4.69, 9.17) is 5.11 Å². The predicted molar refractivity (Wildman–Crippen MR) is 122 cm³/mol. The van der Waals surface area contributed by atoms with Gasteiger partial charge in [0.15, 0.2) is 0 Å². The van der Waals surface area contributed by atoms with E-state index in [9.17, 15) is 19.5 Å². The molecule has 0 radical (unpaired) electrons. The molecule has 4 aliphatic carbocycles. The van der Waals surface area contributed by atoms with Crippen molar-refractivity contribution < 1.29 is 24.6 Å². The maximum atomic E-state index is 13.1. The van der Waals surface area contributed by atoms with Crippen LogP contribution in [0.1, 0.15) is 87.9 Å². The summed E-state index contributed by atoms with van der Waals surface area (Å²) in [4.78, 5) is 36.2. The summed E-state index contributed by atoms with van der Waals surface area (Å²) >= 11 is 0. The molecule has 0 aromatic heterocycles. The SMILES string of the molecule is CCCCCCC(=O)O.O=C(O)CN(C(=O)c1ccccc1)C12CC3CC(CC(C3)C1)C2. The van der Waals surface area contributed by atoms with E-state index in [1.54, 1.807) is 17.0 Å². The van der Waals surface area contributed by atoms with Crippen molar-refractivity contribution in [2.45, 2.75) is 83.1 Å². The van der Waals surface area contributed by atoms with Crippen molar-refractivity contribution in [2.24, 2.45) is 17.8 Å². The Hall–Kier alpha value is -2.37. The fourth-order valence-corrected chi connectivity index (χ4v) is 6.43. The molecule has 0 saturated heterocycles. The third kappa shape index (κ3) is 6.11. The van der Waals surface area contributed by atoms with E-state index in [-0.39, 0.29) is 18.0 Å². The van der Waals surface area contributed by atoms with Crippen molar-refractivity contribution in [3.63, 3.8) is 0 Å². The van der Waals surface area contributed by atoms with Gasteiger partial charge in [-0.2, -0.15) is 0 Å². The van der Waals surface area contributed by atoms with Crippen molar-refractivity contribution in [3.05, 3.63) is 35.9 Å². The molecule has 4 fully saturated rings. The molecule has 0 unspecified atom stereocenters. The van der Waals surface area contributed by atoms with E-state index >= 15 is 0 Å². The molecule has 6 nitrogen and oxygen atoms in total. The van der Waals surface area contributed by atoms with Gasteiger partial charge in [-0.1, -0.05) is 44.4 Å². The lowest BCUT2D eigenvalue weighted by atomic mass is 9.52. The van der Waals surface area contributed by atoms with Crippen LogP contribution in [-0.2, 0) is 9.59 Å². The van der Waals surface area contributed by atoms with Crippen LogP contribution in [0.25, 0.3) is 0 Å². The predicted octanol–water partition coefficient (Wildman–Crippen LogP) is 5.22. The van der Waals surface area contributed by atoms with Gasteiger partial charge in [-0.25, -0.2) is 0 Å². The van der Waals surface area contributed by atoms with Crippen molar-refractivity contribution in [3.8, 4) is 0 Å². The maximum Gasteiger partial charge on any atom is 0.323 e. The van der Waals surface area contributed by atoms with E-state index in [2.05, 4.69) is 6.92 Å². The number of unbranched alkanes of at least 4 members (excludes halogenated alkanes) is 3. The second-order valence-corrected chi connectivity index (χ2v) is 10.00. The average Bonchev–Trinajstić information content (AvgIpc) is 2.74. The molecule has 4 aliphatic rings. The minimum Gasteiger partial charge on any atom is -0.481 e. The number of carboxylic acids is 2. The molecular weight excluding hydrogens is 406 g/mol. The molecule has 5 rings (SSSR count). The standard InChI is InChI=1S/C19H23NO3.C7H14O2/c21-17(22)12-20(18(23)16-4-2-1-3-5-16)19-9-13-6-14(10-19)8-15(7-13)11-19;1-2-3-4-5-6-7(8)9/h1-5,13-15H,6-12H2,(H,21,22);2-6H2,1H3,(H,8,9). The van der Waals surface area contributed by atoms with Gasteiger partial charge in [-0.15, -0.1) is 0 Å². The fraction of sp³-hybridized carbons (Fsp3) is 0.654. The number of hydrogen-bond acceptors (Lipinski definition) is 3. The van der Waals surface area contributed by atoms with Gasteiger partial charge in [0, 0.05) is 17.5 Å². The van der Waals surface area contributed by atoms with E-state index in [0.717, 1.165) is 38.5 Å². The molecule has 0 atom stereocenters. The van der Waals surface area contributed by atoms with Crippen LogP contribution in [0, 0.1) is 17.8 Å². The van der Waals surface area contributed by atoms with Gasteiger partial charge >= 0.3 is 11.9 Å². The topological polar surface area (TPSA) is 94.9 Å². The van der Waals surface area contributed by atoms with Crippen molar-refractivity contribution in [1.29, 1.82) is 0 Å². The zero-order valence-electron chi connectivity index (χ0n) is 19.2. The van der Waals surface area contributed by atoms with Gasteiger partial charge in [-0.3, -0.25) is 14.4 Å². The minimum absolute atomic E-state index is 0.116. The molecule has 1 amide bonds. The number of carbonyl (C=O) groups excluding carboxylic acids is 1. The number of nitrogens with zero attached hydrogens (tertiary/aromatic N) is 1. The van der Waals surface area contributed by atoms with Crippen LogP contribution in [-0.4, -0.2) is 45.0 Å². The zero-order valence-corrected chi connectivity index (χ0v) is 19.2. The fourth-order valence-electron chi connectivity index (χ4n) is 6.43. The first kappa shape index (κ1) is 24.3. The average molecular weight is 444 g/mol. The Balaban J connectivity index is 0.000000275. The van der Waals surface area contributed by atoms with Gasteiger partial charge in [0.2, 0.25) is 0 Å². The number of rotatable bonds is 9. The van der Waals surface area contributed by atoms with E-state index in [1.807, 2.05) is 18.2 Å². The molecular formula is C26H37NO5. The highest BCUT2D eigenvalue weighted by atomic mass is 16.4. The second-order valence-electron chi connectivity index (χ2n) is 10.00. The lowest BCUT2D eigenvalue weighted by Gasteiger charge is -2.60. The minimum atomic E-state index is -0.912. The summed E-state index contributed by atoms with van der Waals surface area (Å²) in [5.74, 6) is 0.342. The first-order valence-electron chi connectivity index (χ1n) is 12.1. The normalized spacial score (nSPS) is 27.3. The van der Waals surface area contributed by atoms with Crippen LogP contribution in [0.2, 0.25) is 0 Å². The van der Waals surface area contributed by atoms with Gasteiger partial charge in [0.05, 0.1) is 0 Å². The third-order valence-corrected chi connectivity index (χ3v) is 7.38. The number of benzene rings is 1. The molecule has 32 heavy (non-hydrogen) atoms. The Bertz CT molecular complexity index is 755. The number of amides is 1. The maximum absolute atomic E-state index is 13.1. The summed E-state index contributed by atoms with van der Waals surface area (Å²) in [5.41, 5.74) is 0.379. The molecule has 6 heteroatoms. The highest BCUT2D eigenvalue weighted by molar-refractivity contribution is 5.96. The molecule has 0 aliphatic heterocycles. The Labute approximate surface area is 191 Å². The first-order chi connectivity index (χ1) is 15.3. The first-order valence-corrected chi connectivity index (χ1v) is 12.1. The number of aliphatic carboxylic acids is 2. The largest absolute Gasteiger partial charge is 0.481 e. The van der Waals surface area contributed by atoms with Crippen LogP contribution in [0.5, 0.6) is 0 Å². The van der Waals surface area contributed by atoms with Crippen LogP contribution < -0.4 is 0 Å². The van der Waals surface area contributed by atoms with Crippen molar-refractivity contribution >= 4 is 17.8 Å². The van der Waals surface area contributed by atoms with Gasteiger partial charge in [0.25, 0.3) is 5.91 Å². The van der Waals surface area contributed by atoms with E-state index in [1.165, 1.54) is 25.7 Å². The highest BCUT2D eigenvalue weighted by Gasteiger charge is 2.55. The molecule has 4 saturated carbocycles. The van der Waals surface area contributed by atoms with Crippen molar-refractivity contribution in [2.75, 3.05) is 6.54 Å². The summed E-state index contributed by atoms with van der Waals surface area (Å²) in [7, 11) is 0. The molecule has 2 N–H and O–H groups in total. The Morgan fingerprint density at radius 1 is 0.875 bits per heavy atom. The molecule has 0 spiro atoms. The van der Waals surface area contributed by atoms with Crippen LogP contribution in [0.15, 0.2) is 30.3 Å². The molecule has 4 bridgehead atoms. The van der Waals surface area contributed by atoms with E-state index < -0.39 is 11.9 Å². The third-order valence-electron chi connectivity index (χ3n) is 7.38. The summed E-state index contributed by atoms with van der Waals surface area (Å²) in [6, 6.07) is 9.14. The second kappa shape index (κ2) is 11.0.